The van der Waals surface area contributed by atoms with Gasteiger partial charge >= 0.3 is 12.1 Å². The standard InChI is InChI=1S/C30H32N6O6/c1-5-41-28(39)24-17-19-16-21(11-12-22(19)35-24)34-26(37)23(36-29(40)42-30(2,3)4)15-18-7-9-20(10-8-18)33-27(38)25-31-13-6-14-32-25/h6-14,16-17,23,35H,5,15H2,1-4H3,(H,33,38)(H,34,37)(H,36,40)/t23-/m0/s1. The van der Waals surface area contributed by atoms with Crippen LogP contribution in [0.3, 0.4) is 0 Å². The van der Waals surface area contributed by atoms with E-state index >= 15 is 0 Å². The smallest absolute Gasteiger partial charge is 0.408 e. The minimum absolute atomic E-state index is 0.0369. The number of nitrogens with zero attached hydrogens (tertiary/aromatic N) is 2. The van der Waals surface area contributed by atoms with Crippen LogP contribution in [-0.4, -0.2) is 57.1 Å². The minimum Gasteiger partial charge on any atom is -0.461 e. The van der Waals surface area contributed by atoms with Crippen molar-refractivity contribution in [2.24, 2.45) is 0 Å². The summed E-state index contributed by atoms with van der Waals surface area (Å²) in [7, 11) is 0. The van der Waals surface area contributed by atoms with Gasteiger partial charge in [-0.2, -0.15) is 0 Å². The van der Waals surface area contributed by atoms with E-state index in [2.05, 4.69) is 30.9 Å². The van der Waals surface area contributed by atoms with Gasteiger partial charge in [-0.1, -0.05) is 12.1 Å². The van der Waals surface area contributed by atoms with E-state index < -0.39 is 35.5 Å². The van der Waals surface area contributed by atoms with Crippen LogP contribution in [0.25, 0.3) is 10.9 Å². The molecule has 0 saturated carbocycles. The van der Waals surface area contributed by atoms with E-state index in [0.29, 0.717) is 28.0 Å². The molecule has 1 atom stereocenters. The van der Waals surface area contributed by atoms with Crippen LogP contribution in [0.5, 0.6) is 0 Å². The number of fused-ring (bicyclic) bond motifs is 1. The molecule has 4 aromatic rings. The lowest BCUT2D eigenvalue weighted by atomic mass is 10.0. The number of aromatic nitrogens is 3. The molecule has 0 aliphatic heterocycles. The average Bonchev–Trinajstić information content (AvgIpc) is 3.37. The van der Waals surface area contributed by atoms with Crippen LogP contribution in [0.2, 0.25) is 0 Å². The third-order valence-corrected chi connectivity index (χ3v) is 5.81. The molecule has 0 aliphatic carbocycles. The molecule has 42 heavy (non-hydrogen) atoms. The highest BCUT2D eigenvalue weighted by molar-refractivity contribution is 6.02. The monoisotopic (exact) mass is 572 g/mol. The van der Waals surface area contributed by atoms with Crippen molar-refractivity contribution in [3.05, 3.63) is 84.1 Å². The lowest BCUT2D eigenvalue weighted by Crippen LogP contribution is -2.47. The molecule has 0 bridgehead atoms. The predicted octanol–water partition coefficient (Wildman–Crippen LogP) is 4.46. The molecule has 0 unspecified atom stereocenters. The summed E-state index contributed by atoms with van der Waals surface area (Å²) >= 11 is 0. The van der Waals surface area contributed by atoms with Crippen molar-refractivity contribution in [3.8, 4) is 0 Å². The van der Waals surface area contributed by atoms with E-state index in [0.717, 1.165) is 5.56 Å². The fourth-order valence-corrected chi connectivity index (χ4v) is 3.98. The Kier molecular flexibility index (Phi) is 9.15. The molecule has 218 valence electrons. The Morgan fingerprint density at radius 2 is 1.62 bits per heavy atom. The second kappa shape index (κ2) is 12.9. The van der Waals surface area contributed by atoms with Gasteiger partial charge in [0, 0.05) is 41.1 Å². The van der Waals surface area contributed by atoms with Crippen LogP contribution in [0.4, 0.5) is 16.2 Å². The first-order chi connectivity index (χ1) is 20.0. The van der Waals surface area contributed by atoms with E-state index in [1.807, 2.05) is 0 Å². The van der Waals surface area contributed by atoms with Gasteiger partial charge in [0.2, 0.25) is 11.7 Å². The van der Waals surface area contributed by atoms with E-state index in [1.165, 1.54) is 12.4 Å². The number of rotatable bonds is 9. The van der Waals surface area contributed by atoms with Gasteiger partial charge in [0.05, 0.1) is 6.61 Å². The summed E-state index contributed by atoms with van der Waals surface area (Å²) < 4.78 is 10.4. The van der Waals surface area contributed by atoms with Crippen molar-refractivity contribution in [1.29, 1.82) is 0 Å². The molecular weight excluding hydrogens is 540 g/mol. The number of ether oxygens (including phenoxy) is 2. The first-order valence-corrected chi connectivity index (χ1v) is 13.3. The minimum atomic E-state index is -0.991. The van der Waals surface area contributed by atoms with Crippen LogP contribution < -0.4 is 16.0 Å². The number of anilines is 2. The lowest BCUT2D eigenvalue weighted by Gasteiger charge is -2.23. The van der Waals surface area contributed by atoms with Crippen LogP contribution in [0.15, 0.2) is 67.0 Å². The third kappa shape index (κ3) is 8.13. The van der Waals surface area contributed by atoms with Gasteiger partial charge in [-0.05, 0) is 75.7 Å². The van der Waals surface area contributed by atoms with Crippen molar-refractivity contribution in [1.82, 2.24) is 20.3 Å². The molecule has 0 saturated heterocycles. The number of esters is 1. The number of hydrogen-bond acceptors (Lipinski definition) is 8. The molecule has 2 heterocycles. The number of hydrogen-bond donors (Lipinski definition) is 4. The third-order valence-electron chi connectivity index (χ3n) is 5.81. The molecule has 4 N–H and O–H groups in total. The Morgan fingerprint density at radius 1 is 0.929 bits per heavy atom. The maximum Gasteiger partial charge on any atom is 0.408 e. The average molecular weight is 573 g/mol. The molecule has 2 aromatic carbocycles. The highest BCUT2D eigenvalue weighted by atomic mass is 16.6. The normalized spacial score (nSPS) is 11.8. The van der Waals surface area contributed by atoms with Gasteiger partial charge in [0.1, 0.15) is 17.3 Å². The maximum atomic E-state index is 13.4. The number of carbonyl (C=O) groups is 4. The van der Waals surface area contributed by atoms with E-state index in [4.69, 9.17) is 9.47 Å². The molecule has 0 radical (unpaired) electrons. The highest BCUT2D eigenvalue weighted by Crippen LogP contribution is 2.21. The number of benzene rings is 2. The Hall–Kier alpha value is -5.26. The molecule has 2 aromatic heterocycles. The highest BCUT2D eigenvalue weighted by Gasteiger charge is 2.25. The number of H-pyrrole nitrogens is 1. The lowest BCUT2D eigenvalue weighted by molar-refractivity contribution is -0.118. The number of amides is 3. The second-order valence-electron chi connectivity index (χ2n) is 10.3. The topological polar surface area (TPSA) is 164 Å². The van der Waals surface area contributed by atoms with E-state index in [9.17, 15) is 19.2 Å². The van der Waals surface area contributed by atoms with Gasteiger partial charge in [-0.3, -0.25) is 9.59 Å². The summed E-state index contributed by atoms with van der Waals surface area (Å²) in [4.78, 5) is 61.3. The van der Waals surface area contributed by atoms with E-state index in [1.54, 1.807) is 82.3 Å². The number of alkyl carbamates (subject to hydrolysis) is 1. The molecule has 4 rings (SSSR count). The zero-order chi connectivity index (χ0) is 30.3. The second-order valence-corrected chi connectivity index (χ2v) is 10.3. The van der Waals surface area contributed by atoms with E-state index in [-0.39, 0.29) is 18.9 Å². The SMILES string of the molecule is CCOC(=O)c1cc2cc(NC(=O)[C@H](Cc3ccc(NC(=O)c4ncccn4)cc3)NC(=O)OC(C)(C)C)ccc2[nH]1. The fourth-order valence-electron chi connectivity index (χ4n) is 3.98. The molecule has 0 fully saturated rings. The van der Waals surface area contributed by atoms with Gasteiger partial charge in [-0.25, -0.2) is 19.6 Å². The summed E-state index contributed by atoms with van der Waals surface area (Å²) in [5.41, 5.74) is 1.95. The molecule has 0 aliphatic rings. The molecular formula is C30H32N6O6. The van der Waals surface area contributed by atoms with Crippen molar-refractivity contribution in [3.63, 3.8) is 0 Å². The molecule has 0 spiro atoms. The molecule has 3 amide bonds. The van der Waals surface area contributed by atoms with Gasteiger partial charge in [0.15, 0.2) is 0 Å². The van der Waals surface area contributed by atoms with Crippen molar-refractivity contribution >= 4 is 46.2 Å². The number of nitrogens with one attached hydrogen (secondary N) is 4. The summed E-state index contributed by atoms with van der Waals surface area (Å²) in [6.45, 7) is 7.16. The Labute approximate surface area is 242 Å². The Bertz CT molecular complexity index is 1580. The Balaban J connectivity index is 1.48. The predicted molar refractivity (Wildman–Crippen MR) is 156 cm³/mol. The Morgan fingerprint density at radius 3 is 2.29 bits per heavy atom. The largest absolute Gasteiger partial charge is 0.461 e. The summed E-state index contributed by atoms with van der Waals surface area (Å²) in [5.74, 6) is -1.37. The van der Waals surface area contributed by atoms with Crippen LogP contribution in [-0.2, 0) is 20.7 Å². The summed E-state index contributed by atoms with van der Waals surface area (Å²) in [5, 5.41) is 8.90. The van der Waals surface area contributed by atoms with Crippen LogP contribution >= 0.6 is 0 Å². The van der Waals surface area contributed by atoms with Crippen molar-refractivity contribution < 1.29 is 28.7 Å². The number of carbonyl (C=O) groups excluding carboxylic acids is 4. The van der Waals surface area contributed by atoms with Crippen LogP contribution in [0.1, 0.15) is 54.4 Å². The fraction of sp³-hybridized carbons (Fsp3) is 0.267. The quantitative estimate of drug-likeness (QED) is 0.214. The first kappa shape index (κ1) is 29.7. The molecule has 12 nitrogen and oxygen atoms in total. The van der Waals surface area contributed by atoms with Gasteiger partial charge < -0.3 is 30.4 Å². The van der Waals surface area contributed by atoms with Crippen molar-refractivity contribution in [2.45, 2.75) is 45.8 Å². The van der Waals surface area contributed by atoms with Gasteiger partial charge in [0.25, 0.3) is 5.91 Å². The van der Waals surface area contributed by atoms with Crippen LogP contribution in [0, 0.1) is 0 Å². The summed E-state index contributed by atoms with van der Waals surface area (Å²) in [6.07, 6.45) is 2.35. The maximum absolute atomic E-state index is 13.4. The summed E-state index contributed by atoms with van der Waals surface area (Å²) in [6, 6.07) is 14.2. The molecule has 12 heteroatoms. The zero-order valence-corrected chi connectivity index (χ0v) is 23.7. The first-order valence-electron chi connectivity index (χ1n) is 13.3. The number of aromatic amines is 1. The zero-order valence-electron chi connectivity index (χ0n) is 23.7. The van der Waals surface area contributed by atoms with Gasteiger partial charge in [-0.15, -0.1) is 0 Å². The van der Waals surface area contributed by atoms with Crippen molar-refractivity contribution in [2.75, 3.05) is 17.2 Å².